The number of methoxy groups -OCH3 is 2. The highest BCUT2D eigenvalue weighted by Crippen LogP contribution is 2.35. The molecule has 2 aromatic heterocycles. The molecule has 2 heterocycles. The summed E-state index contributed by atoms with van der Waals surface area (Å²) in [6.07, 6.45) is 3.62. The Morgan fingerprint density at radius 2 is 1.57 bits per heavy atom. The number of H-pyrrole nitrogens is 1. The summed E-state index contributed by atoms with van der Waals surface area (Å²) < 4.78 is 31.1. The van der Waals surface area contributed by atoms with E-state index in [1.165, 1.54) is 6.07 Å². The fourth-order valence-electron chi connectivity index (χ4n) is 4.73. The summed E-state index contributed by atoms with van der Waals surface area (Å²) in [6, 6.07) is 8.92. The molecule has 0 aliphatic rings. The normalized spacial score (nSPS) is 11.0. The first-order valence-electron chi connectivity index (χ1n) is 12.5. The molecule has 1 N–H and O–H groups in total. The van der Waals surface area contributed by atoms with Crippen molar-refractivity contribution in [3.63, 3.8) is 0 Å². The smallest absolute Gasteiger partial charge is 0.252 e. The first-order valence-corrected chi connectivity index (χ1v) is 12.5. The Morgan fingerprint density at radius 1 is 0.892 bits per heavy atom. The van der Waals surface area contributed by atoms with Gasteiger partial charge in [0.1, 0.15) is 0 Å². The molecule has 0 bridgehead atoms. The highest BCUT2D eigenvalue weighted by Gasteiger charge is 2.18. The van der Waals surface area contributed by atoms with Gasteiger partial charge in [0.05, 0.1) is 26.3 Å². The summed E-state index contributed by atoms with van der Waals surface area (Å²) in [5.41, 5.74) is 3.75. The number of aryl methyl sites for hydroxylation is 2. The maximum atomic E-state index is 14.5. The molecule has 7 heteroatoms. The van der Waals surface area contributed by atoms with Crippen LogP contribution in [0.2, 0.25) is 0 Å². The Morgan fingerprint density at radius 3 is 2.19 bits per heavy atom. The quantitative estimate of drug-likeness (QED) is 0.256. The minimum Gasteiger partial charge on any atom is -0.493 e. The largest absolute Gasteiger partial charge is 0.493 e. The molecule has 4 aromatic rings. The Labute approximate surface area is 217 Å². The predicted octanol–water partition coefficient (Wildman–Crippen LogP) is 6.76. The molecule has 0 aliphatic carbocycles. The number of halogens is 1. The van der Waals surface area contributed by atoms with Gasteiger partial charge in [-0.15, -0.1) is 0 Å². The highest BCUT2D eigenvalue weighted by molar-refractivity contribution is 5.91. The second-order valence-corrected chi connectivity index (χ2v) is 8.84. The third kappa shape index (κ3) is 5.55. The van der Waals surface area contributed by atoms with Crippen molar-refractivity contribution in [2.24, 2.45) is 0 Å². The fourth-order valence-corrected chi connectivity index (χ4v) is 4.73. The van der Waals surface area contributed by atoms with Crippen LogP contribution in [-0.2, 0) is 19.3 Å². The molecule has 4 rings (SSSR count). The van der Waals surface area contributed by atoms with Crippen molar-refractivity contribution in [1.82, 2.24) is 9.97 Å². The standard InChI is InChI=1S/C29H33FN2O4.CH4/c1-6-9-23-17(11-18-13-26(36-8-3)22(30)16-25(18)31-23)12-21-19-14-27(34-4)28(35-5)15-20(19)24(10-7-2)32-29(21)33;/h11,13-16H,6-10,12H2,1-5H3,(H,32,33);1H4. The highest BCUT2D eigenvalue weighted by atomic mass is 19.1. The van der Waals surface area contributed by atoms with Gasteiger partial charge >= 0.3 is 0 Å². The predicted molar refractivity (Wildman–Crippen MR) is 148 cm³/mol. The molecule has 0 unspecified atom stereocenters. The molecule has 0 atom stereocenters. The molecule has 37 heavy (non-hydrogen) atoms. The van der Waals surface area contributed by atoms with Crippen molar-refractivity contribution in [1.29, 1.82) is 0 Å². The van der Waals surface area contributed by atoms with Gasteiger partial charge in [-0.2, -0.15) is 0 Å². The van der Waals surface area contributed by atoms with Crippen molar-refractivity contribution in [3.8, 4) is 17.2 Å². The molecular weight excluding hydrogens is 471 g/mol. The summed E-state index contributed by atoms with van der Waals surface area (Å²) in [4.78, 5) is 21.3. The number of hydrogen-bond acceptors (Lipinski definition) is 5. The van der Waals surface area contributed by atoms with Crippen molar-refractivity contribution in [2.75, 3.05) is 20.8 Å². The number of fused-ring (bicyclic) bond motifs is 2. The molecule has 0 saturated heterocycles. The lowest BCUT2D eigenvalue weighted by molar-refractivity contribution is 0.322. The molecule has 198 valence electrons. The molecule has 0 saturated carbocycles. The number of hydrogen-bond donors (Lipinski definition) is 1. The second kappa shape index (κ2) is 12.1. The molecule has 0 spiro atoms. The van der Waals surface area contributed by atoms with E-state index < -0.39 is 5.82 Å². The maximum Gasteiger partial charge on any atom is 0.252 e. The van der Waals surface area contributed by atoms with Crippen LogP contribution in [-0.4, -0.2) is 30.8 Å². The number of rotatable bonds is 10. The average Bonchev–Trinajstić information content (AvgIpc) is 2.87. The number of aromatic amines is 1. The van der Waals surface area contributed by atoms with Crippen LogP contribution < -0.4 is 19.8 Å². The number of pyridine rings is 2. The van der Waals surface area contributed by atoms with E-state index in [2.05, 4.69) is 18.8 Å². The van der Waals surface area contributed by atoms with Crippen LogP contribution in [0.3, 0.4) is 0 Å². The van der Waals surface area contributed by atoms with Gasteiger partial charge in [0.2, 0.25) is 0 Å². The Hall–Kier alpha value is -3.61. The van der Waals surface area contributed by atoms with E-state index in [1.807, 2.05) is 25.1 Å². The van der Waals surface area contributed by atoms with E-state index in [9.17, 15) is 9.18 Å². The van der Waals surface area contributed by atoms with Crippen LogP contribution >= 0.6 is 0 Å². The van der Waals surface area contributed by atoms with E-state index in [0.29, 0.717) is 35.6 Å². The minimum atomic E-state index is -0.429. The zero-order valence-corrected chi connectivity index (χ0v) is 21.6. The van der Waals surface area contributed by atoms with Crippen molar-refractivity contribution in [2.45, 2.75) is 60.3 Å². The maximum absolute atomic E-state index is 14.5. The molecule has 0 radical (unpaired) electrons. The molecule has 6 nitrogen and oxygen atoms in total. The van der Waals surface area contributed by atoms with Gasteiger partial charge in [-0.3, -0.25) is 9.78 Å². The number of nitrogens with one attached hydrogen (secondary N) is 1. The monoisotopic (exact) mass is 508 g/mol. The zero-order chi connectivity index (χ0) is 25.8. The first kappa shape index (κ1) is 28.0. The fraction of sp³-hybridized carbons (Fsp3) is 0.400. The number of nitrogens with zero attached hydrogens (tertiary/aromatic N) is 1. The lowest BCUT2D eigenvalue weighted by Crippen LogP contribution is -2.17. The summed E-state index contributed by atoms with van der Waals surface area (Å²) in [7, 11) is 3.19. The number of benzene rings is 2. The number of ether oxygens (including phenoxy) is 3. The van der Waals surface area contributed by atoms with E-state index >= 15 is 0 Å². The minimum absolute atomic E-state index is 0. The lowest BCUT2D eigenvalue weighted by Gasteiger charge is -2.16. The molecule has 0 aliphatic heterocycles. The Balaban J connectivity index is 0.00000380. The van der Waals surface area contributed by atoms with Crippen LogP contribution in [0.15, 0.2) is 35.1 Å². The van der Waals surface area contributed by atoms with Gasteiger partial charge < -0.3 is 19.2 Å². The van der Waals surface area contributed by atoms with Crippen LogP contribution in [0.5, 0.6) is 17.2 Å². The first-order chi connectivity index (χ1) is 17.4. The molecule has 2 aromatic carbocycles. The molecular formula is C30H37FN2O4. The van der Waals surface area contributed by atoms with Crippen molar-refractivity contribution < 1.29 is 18.6 Å². The van der Waals surface area contributed by atoms with E-state index in [4.69, 9.17) is 19.2 Å². The second-order valence-electron chi connectivity index (χ2n) is 8.84. The van der Waals surface area contributed by atoms with Crippen LogP contribution in [0.4, 0.5) is 4.39 Å². The van der Waals surface area contributed by atoms with E-state index in [-0.39, 0.29) is 18.7 Å². The summed E-state index contributed by atoms with van der Waals surface area (Å²) in [5.74, 6) is 0.957. The third-order valence-electron chi connectivity index (χ3n) is 6.40. The van der Waals surface area contributed by atoms with Gasteiger partial charge in [-0.05, 0) is 55.0 Å². The summed E-state index contributed by atoms with van der Waals surface area (Å²) >= 11 is 0. The lowest BCUT2D eigenvalue weighted by atomic mass is 9.95. The van der Waals surface area contributed by atoms with Crippen LogP contribution in [0, 0.1) is 5.82 Å². The van der Waals surface area contributed by atoms with E-state index in [0.717, 1.165) is 58.8 Å². The van der Waals surface area contributed by atoms with Crippen LogP contribution in [0.25, 0.3) is 21.7 Å². The van der Waals surface area contributed by atoms with Gasteiger partial charge in [0, 0.05) is 40.2 Å². The average molecular weight is 509 g/mol. The van der Waals surface area contributed by atoms with Crippen molar-refractivity contribution >= 4 is 21.7 Å². The SMILES string of the molecule is C.CCCc1nc2cc(F)c(OCC)cc2cc1Cc1c(=O)[nH]c(CCC)c2cc(OC)c(OC)cc12. The van der Waals surface area contributed by atoms with E-state index in [1.54, 1.807) is 20.3 Å². The molecule has 0 fully saturated rings. The third-order valence-corrected chi connectivity index (χ3v) is 6.40. The van der Waals surface area contributed by atoms with Gasteiger partial charge in [0.15, 0.2) is 23.1 Å². The van der Waals surface area contributed by atoms with Gasteiger partial charge in [-0.25, -0.2) is 4.39 Å². The van der Waals surface area contributed by atoms with Gasteiger partial charge in [-0.1, -0.05) is 34.1 Å². The van der Waals surface area contributed by atoms with Crippen LogP contribution in [0.1, 0.15) is 63.6 Å². The Bertz CT molecular complexity index is 1460. The van der Waals surface area contributed by atoms with Crippen molar-refractivity contribution in [3.05, 3.63) is 69.0 Å². The summed E-state index contributed by atoms with van der Waals surface area (Å²) in [5, 5.41) is 2.55. The Kier molecular flexibility index (Phi) is 9.14. The number of aromatic nitrogens is 2. The molecule has 0 amide bonds. The van der Waals surface area contributed by atoms with Gasteiger partial charge in [0.25, 0.3) is 5.56 Å². The summed E-state index contributed by atoms with van der Waals surface area (Å²) in [6.45, 7) is 6.34. The topological polar surface area (TPSA) is 73.4 Å². The zero-order valence-electron chi connectivity index (χ0n) is 21.6.